The molecule has 0 atom stereocenters. The maximum absolute atomic E-state index is 11.5. The normalized spacial score (nSPS) is 11.5. The molecular weight excluding hydrogens is 190 g/mol. The van der Waals surface area contributed by atoms with E-state index in [0.29, 0.717) is 5.82 Å². The lowest BCUT2D eigenvalue weighted by Crippen LogP contribution is -2.25. The van der Waals surface area contributed by atoms with Crippen molar-refractivity contribution in [3.8, 4) is 0 Å². The zero-order valence-corrected chi connectivity index (χ0v) is 10.1. The number of nitrogens with zero attached hydrogens (tertiary/aromatic N) is 2. The lowest BCUT2D eigenvalue weighted by Gasteiger charge is -2.20. The SMILES string of the molecule is CCn1c(C(C)(C)C)cnc1C(=O)NC. The Hall–Kier alpha value is -1.32. The van der Waals surface area contributed by atoms with E-state index >= 15 is 0 Å². The molecule has 0 saturated heterocycles. The molecule has 15 heavy (non-hydrogen) atoms. The Bertz CT molecular complexity index is 360. The van der Waals surface area contributed by atoms with Crippen LogP contribution in [0.25, 0.3) is 0 Å². The number of imidazole rings is 1. The summed E-state index contributed by atoms with van der Waals surface area (Å²) >= 11 is 0. The van der Waals surface area contributed by atoms with Gasteiger partial charge in [0.25, 0.3) is 5.91 Å². The second kappa shape index (κ2) is 4.04. The molecule has 1 aromatic rings. The number of aromatic nitrogens is 2. The molecule has 0 aliphatic heterocycles. The van der Waals surface area contributed by atoms with E-state index in [1.54, 1.807) is 13.2 Å². The Balaban J connectivity index is 3.23. The molecule has 0 aliphatic rings. The van der Waals surface area contributed by atoms with Gasteiger partial charge in [-0.1, -0.05) is 20.8 Å². The zero-order chi connectivity index (χ0) is 11.6. The average molecular weight is 209 g/mol. The molecule has 0 bridgehead atoms. The first kappa shape index (κ1) is 11.8. The van der Waals surface area contributed by atoms with Gasteiger partial charge < -0.3 is 9.88 Å². The first-order valence-electron chi connectivity index (χ1n) is 5.20. The van der Waals surface area contributed by atoms with Gasteiger partial charge in [0.05, 0.1) is 0 Å². The molecule has 1 amide bonds. The summed E-state index contributed by atoms with van der Waals surface area (Å²) in [7, 11) is 1.62. The quantitative estimate of drug-likeness (QED) is 0.803. The molecule has 1 N–H and O–H groups in total. The number of carbonyl (C=O) groups is 1. The number of amides is 1. The predicted molar refractivity (Wildman–Crippen MR) is 60.0 cm³/mol. The van der Waals surface area contributed by atoms with Crippen molar-refractivity contribution >= 4 is 5.91 Å². The fourth-order valence-corrected chi connectivity index (χ4v) is 1.59. The molecular formula is C11H19N3O. The third-order valence-electron chi connectivity index (χ3n) is 2.37. The lowest BCUT2D eigenvalue weighted by molar-refractivity contribution is 0.0948. The van der Waals surface area contributed by atoms with Crippen LogP contribution in [0.3, 0.4) is 0 Å². The Morgan fingerprint density at radius 3 is 2.53 bits per heavy atom. The van der Waals surface area contributed by atoms with Crippen molar-refractivity contribution in [1.29, 1.82) is 0 Å². The Morgan fingerprint density at radius 1 is 1.53 bits per heavy atom. The Morgan fingerprint density at radius 2 is 2.13 bits per heavy atom. The van der Waals surface area contributed by atoms with Crippen molar-refractivity contribution in [3.05, 3.63) is 17.7 Å². The monoisotopic (exact) mass is 209 g/mol. The summed E-state index contributed by atoms with van der Waals surface area (Å²) < 4.78 is 1.96. The van der Waals surface area contributed by atoms with Gasteiger partial charge in [-0.25, -0.2) is 4.98 Å². The fraction of sp³-hybridized carbons (Fsp3) is 0.636. The van der Waals surface area contributed by atoms with E-state index in [-0.39, 0.29) is 11.3 Å². The van der Waals surface area contributed by atoms with Gasteiger partial charge in [-0.05, 0) is 6.92 Å². The van der Waals surface area contributed by atoms with E-state index in [1.165, 1.54) is 0 Å². The van der Waals surface area contributed by atoms with Crippen LogP contribution < -0.4 is 5.32 Å². The van der Waals surface area contributed by atoms with Crippen molar-refractivity contribution in [2.45, 2.75) is 39.7 Å². The number of hydrogen-bond acceptors (Lipinski definition) is 2. The standard InChI is InChI=1S/C11H19N3O/c1-6-14-8(11(2,3)4)7-13-9(14)10(15)12-5/h7H,6H2,1-5H3,(H,12,15). The summed E-state index contributed by atoms with van der Waals surface area (Å²) in [6.07, 6.45) is 1.79. The van der Waals surface area contributed by atoms with Gasteiger partial charge in [0, 0.05) is 30.9 Å². The Labute approximate surface area is 90.7 Å². The van der Waals surface area contributed by atoms with Crippen LogP contribution in [0.5, 0.6) is 0 Å². The summed E-state index contributed by atoms with van der Waals surface area (Å²) in [5.41, 5.74) is 1.10. The van der Waals surface area contributed by atoms with Gasteiger partial charge in [-0.2, -0.15) is 0 Å². The number of hydrogen-bond donors (Lipinski definition) is 1. The molecule has 0 spiro atoms. The van der Waals surface area contributed by atoms with E-state index in [2.05, 4.69) is 31.1 Å². The van der Waals surface area contributed by atoms with Crippen LogP contribution in [0.1, 0.15) is 44.0 Å². The largest absolute Gasteiger partial charge is 0.352 e. The lowest BCUT2D eigenvalue weighted by atomic mass is 9.92. The van der Waals surface area contributed by atoms with Gasteiger partial charge in [-0.3, -0.25) is 4.79 Å². The minimum Gasteiger partial charge on any atom is -0.352 e. The van der Waals surface area contributed by atoms with Crippen molar-refractivity contribution < 1.29 is 4.79 Å². The molecule has 84 valence electrons. The summed E-state index contributed by atoms with van der Waals surface area (Å²) in [4.78, 5) is 15.7. The van der Waals surface area contributed by atoms with Crippen LogP contribution in [0, 0.1) is 0 Å². The van der Waals surface area contributed by atoms with Crippen molar-refractivity contribution in [3.63, 3.8) is 0 Å². The highest BCUT2D eigenvalue weighted by atomic mass is 16.2. The van der Waals surface area contributed by atoms with Crippen LogP contribution in [0.15, 0.2) is 6.20 Å². The molecule has 4 heteroatoms. The summed E-state index contributed by atoms with van der Waals surface area (Å²) in [6, 6.07) is 0. The minimum absolute atomic E-state index is 0.00921. The molecule has 0 saturated carbocycles. The van der Waals surface area contributed by atoms with E-state index in [9.17, 15) is 4.79 Å². The molecule has 4 nitrogen and oxygen atoms in total. The van der Waals surface area contributed by atoms with E-state index in [1.807, 2.05) is 11.5 Å². The molecule has 1 aromatic heterocycles. The molecule has 0 radical (unpaired) electrons. The maximum Gasteiger partial charge on any atom is 0.287 e. The molecule has 0 aliphatic carbocycles. The van der Waals surface area contributed by atoms with Crippen molar-refractivity contribution in [2.75, 3.05) is 7.05 Å². The minimum atomic E-state index is -0.132. The predicted octanol–water partition coefficient (Wildman–Crippen LogP) is 1.56. The number of carbonyl (C=O) groups excluding carboxylic acids is 1. The highest BCUT2D eigenvalue weighted by molar-refractivity contribution is 5.90. The first-order chi connectivity index (χ1) is 6.91. The second-order valence-electron chi connectivity index (χ2n) is 4.54. The van der Waals surface area contributed by atoms with Crippen molar-refractivity contribution in [2.24, 2.45) is 0 Å². The molecule has 1 heterocycles. The van der Waals surface area contributed by atoms with Crippen LogP contribution in [-0.2, 0) is 12.0 Å². The second-order valence-corrected chi connectivity index (χ2v) is 4.54. The van der Waals surface area contributed by atoms with Gasteiger partial charge in [0.15, 0.2) is 5.82 Å². The highest BCUT2D eigenvalue weighted by Crippen LogP contribution is 2.23. The number of rotatable bonds is 2. The highest BCUT2D eigenvalue weighted by Gasteiger charge is 2.23. The van der Waals surface area contributed by atoms with Gasteiger partial charge >= 0.3 is 0 Å². The third kappa shape index (κ3) is 2.19. The topological polar surface area (TPSA) is 46.9 Å². The van der Waals surface area contributed by atoms with Gasteiger partial charge in [0.1, 0.15) is 0 Å². The van der Waals surface area contributed by atoms with Crippen LogP contribution in [0.4, 0.5) is 0 Å². The van der Waals surface area contributed by atoms with Crippen LogP contribution in [-0.4, -0.2) is 22.5 Å². The summed E-state index contributed by atoms with van der Waals surface area (Å²) in [5.74, 6) is 0.359. The molecule has 0 fully saturated rings. The Kier molecular flexibility index (Phi) is 3.17. The summed E-state index contributed by atoms with van der Waals surface area (Å²) in [5, 5.41) is 2.60. The fourth-order valence-electron chi connectivity index (χ4n) is 1.59. The van der Waals surface area contributed by atoms with E-state index in [0.717, 1.165) is 12.2 Å². The van der Waals surface area contributed by atoms with E-state index in [4.69, 9.17) is 0 Å². The zero-order valence-electron chi connectivity index (χ0n) is 10.1. The average Bonchev–Trinajstić information content (AvgIpc) is 2.59. The summed E-state index contributed by atoms with van der Waals surface area (Å²) in [6.45, 7) is 9.12. The number of nitrogens with one attached hydrogen (secondary N) is 1. The van der Waals surface area contributed by atoms with Crippen LogP contribution >= 0.6 is 0 Å². The third-order valence-corrected chi connectivity index (χ3v) is 2.37. The molecule has 0 unspecified atom stereocenters. The van der Waals surface area contributed by atoms with Gasteiger partial charge in [0.2, 0.25) is 0 Å². The smallest absolute Gasteiger partial charge is 0.287 e. The van der Waals surface area contributed by atoms with Crippen molar-refractivity contribution in [1.82, 2.24) is 14.9 Å². The van der Waals surface area contributed by atoms with E-state index < -0.39 is 0 Å². The molecule has 1 rings (SSSR count). The molecule has 0 aromatic carbocycles. The van der Waals surface area contributed by atoms with Crippen LogP contribution in [0.2, 0.25) is 0 Å². The first-order valence-corrected chi connectivity index (χ1v) is 5.20. The maximum atomic E-state index is 11.5. The van der Waals surface area contributed by atoms with Gasteiger partial charge in [-0.15, -0.1) is 0 Å².